The topological polar surface area (TPSA) is 65.4 Å². The van der Waals surface area contributed by atoms with Crippen LogP contribution in [0.25, 0.3) is 0 Å². The number of anilines is 2. The number of benzene rings is 1. The van der Waals surface area contributed by atoms with E-state index >= 15 is 0 Å². The molecule has 7 nitrogen and oxygen atoms in total. The zero-order valence-corrected chi connectivity index (χ0v) is 14.9. The van der Waals surface area contributed by atoms with Crippen molar-refractivity contribution in [1.29, 1.82) is 0 Å². The lowest BCUT2D eigenvalue weighted by atomic mass is 10.2. The van der Waals surface area contributed by atoms with E-state index in [2.05, 4.69) is 49.8 Å². The Morgan fingerprint density at radius 3 is 2.52 bits per heavy atom. The summed E-state index contributed by atoms with van der Waals surface area (Å²) in [5.74, 6) is 0.700. The van der Waals surface area contributed by atoms with Crippen LogP contribution in [0.4, 0.5) is 16.3 Å². The Labute approximate surface area is 148 Å². The Morgan fingerprint density at radius 2 is 1.88 bits per heavy atom. The van der Waals surface area contributed by atoms with Gasteiger partial charge in [-0.3, -0.25) is 14.9 Å². The summed E-state index contributed by atoms with van der Waals surface area (Å²) in [5, 5.41) is 9.94. The van der Waals surface area contributed by atoms with Gasteiger partial charge in [0.05, 0.1) is 5.69 Å². The van der Waals surface area contributed by atoms with Crippen LogP contribution in [0, 0.1) is 6.92 Å². The number of carbonyl (C=O) groups is 1. The van der Waals surface area contributed by atoms with Crippen LogP contribution >= 0.6 is 0 Å². The molecule has 134 valence electrons. The van der Waals surface area contributed by atoms with Gasteiger partial charge in [-0.2, -0.15) is 5.10 Å². The van der Waals surface area contributed by atoms with Crippen molar-refractivity contribution in [2.45, 2.75) is 6.92 Å². The van der Waals surface area contributed by atoms with Gasteiger partial charge in [0.25, 0.3) is 0 Å². The SMILES string of the molecule is Cc1cc(NC(=O)NCCN2CCN(c3ccccc3)CC2)n(C)n1. The Bertz CT molecular complexity index is 691. The largest absolute Gasteiger partial charge is 0.369 e. The molecule has 0 atom stereocenters. The van der Waals surface area contributed by atoms with Gasteiger partial charge in [-0.1, -0.05) is 18.2 Å². The average molecular weight is 342 g/mol. The minimum absolute atomic E-state index is 0.189. The standard InChI is InChI=1S/C18H26N6O/c1-15-14-17(22(2)21-15)20-18(25)19-8-9-23-10-12-24(13-11-23)16-6-4-3-5-7-16/h3-7,14H,8-13H2,1-2H3,(H2,19,20,25). The van der Waals surface area contributed by atoms with Gasteiger partial charge in [0.15, 0.2) is 0 Å². The number of para-hydroxylation sites is 1. The zero-order chi connectivity index (χ0) is 17.6. The average Bonchev–Trinajstić information content (AvgIpc) is 2.93. The molecule has 2 N–H and O–H groups in total. The summed E-state index contributed by atoms with van der Waals surface area (Å²) in [7, 11) is 1.81. The second-order valence-corrected chi connectivity index (χ2v) is 6.34. The number of aryl methyl sites for hydroxylation is 2. The van der Waals surface area contributed by atoms with E-state index in [1.807, 2.05) is 26.1 Å². The third-order valence-electron chi connectivity index (χ3n) is 4.45. The molecular formula is C18H26N6O. The van der Waals surface area contributed by atoms with E-state index in [1.54, 1.807) is 4.68 Å². The summed E-state index contributed by atoms with van der Waals surface area (Å²) < 4.78 is 1.66. The number of rotatable bonds is 5. The molecule has 25 heavy (non-hydrogen) atoms. The second kappa shape index (κ2) is 8.02. The van der Waals surface area contributed by atoms with Gasteiger partial charge in [-0.05, 0) is 19.1 Å². The van der Waals surface area contributed by atoms with E-state index in [4.69, 9.17) is 0 Å². The molecule has 1 fully saturated rings. The summed E-state index contributed by atoms with van der Waals surface area (Å²) in [4.78, 5) is 16.7. The van der Waals surface area contributed by atoms with Crippen molar-refractivity contribution in [3.05, 3.63) is 42.1 Å². The number of nitrogens with zero attached hydrogens (tertiary/aromatic N) is 4. The van der Waals surface area contributed by atoms with Crippen molar-refractivity contribution in [1.82, 2.24) is 20.0 Å². The zero-order valence-electron chi connectivity index (χ0n) is 14.9. The Hall–Kier alpha value is -2.54. The molecule has 1 aromatic carbocycles. The number of hydrogen-bond donors (Lipinski definition) is 2. The molecule has 3 rings (SSSR count). The summed E-state index contributed by atoms with van der Waals surface area (Å²) in [6.45, 7) is 7.46. The molecule has 0 spiro atoms. The molecule has 2 amide bonds. The van der Waals surface area contributed by atoms with Gasteiger partial charge in [0.2, 0.25) is 0 Å². The van der Waals surface area contributed by atoms with Gasteiger partial charge < -0.3 is 10.2 Å². The molecule has 0 saturated carbocycles. The maximum atomic E-state index is 12.0. The van der Waals surface area contributed by atoms with E-state index in [1.165, 1.54) is 5.69 Å². The predicted molar refractivity (Wildman–Crippen MR) is 100 cm³/mol. The first-order valence-electron chi connectivity index (χ1n) is 8.69. The van der Waals surface area contributed by atoms with E-state index < -0.39 is 0 Å². The fraction of sp³-hybridized carbons (Fsp3) is 0.444. The second-order valence-electron chi connectivity index (χ2n) is 6.34. The molecule has 2 heterocycles. The van der Waals surface area contributed by atoms with Crippen molar-refractivity contribution in [2.24, 2.45) is 7.05 Å². The Balaban J connectivity index is 1.36. The first-order valence-corrected chi connectivity index (χ1v) is 8.69. The van der Waals surface area contributed by atoms with Gasteiger partial charge in [-0.15, -0.1) is 0 Å². The maximum absolute atomic E-state index is 12.0. The van der Waals surface area contributed by atoms with E-state index in [-0.39, 0.29) is 6.03 Å². The molecule has 2 aromatic rings. The minimum Gasteiger partial charge on any atom is -0.369 e. The van der Waals surface area contributed by atoms with Crippen LogP contribution in [0.3, 0.4) is 0 Å². The number of hydrogen-bond acceptors (Lipinski definition) is 4. The molecule has 0 unspecified atom stereocenters. The van der Waals surface area contributed by atoms with E-state index in [9.17, 15) is 4.79 Å². The Morgan fingerprint density at radius 1 is 1.16 bits per heavy atom. The fourth-order valence-corrected chi connectivity index (χ4v) is 3.08. The highest BCUT2D eigenvalue weighted by molar-refractivity contribution is 5.88. The molecule has 0 radical (unpaired) electrons. The molecule has 1 aromatic heterocycles. The van der Waals surface area contributed by atoms with E-state index in [0.29, 0.717) is 12.4 Å². The highest BCUT2D eigenvalue weighted by atomic mass is 16.2. The third kappa shape index (κ3) is 4.73. The van der Waals surface area contributed by atoms with Crippen LogP contribution in [0.5, 0.6) is 0 Å². The van der Waals surface area contributed by atoms with Crippen LogP contribution in [-0.2, 0) is 7.05 Å². The third-order valence-corrected chi connectivity index (χ3v) is 4.45. The first kappa shape index (κ1) is 17.3. The molecule has 1 aliphatic rings. The minimum atomic E-state index is -0.189. The summed E-state index contributed by atoms with van der Waals surface area (Å²) >= 11 is 0. The van der Waals surface area contributed by atoms with Gasteiger partial charge in [0, 0.05) is 58.1 Å². The van der Waals surface area contributed by atoms with Crippen LogP contribution < -0.4 is 15.5 Å². The lowest BCUT2D eigenvalue weighted by Gasteiger charge is -2.36. The van der Waals surface area contributed by atoms with Crippen molar-refractivity contribution in [3.63, 3.8) is 0 Å². The molecule has 1 aliphatic heterocycles. The van der Waals surface area contributed by atoms with Gasteiger partial charge >= 0.3 is 6.03 Å². The molecule has 1 saturated heterocycles. The molecule has 0 bridgehead atoms. The molecule has 7 heteroatoms. The summed E-state index contributed by atoms with van der Waals surface area (Å²) in [6.07, 6.45) is 0. The number of carbonyl (C=O) groups excluding carboxylic acids is 1. The number of aromatic nitrogens is 2. The predicted octanol–water partition coefficient (Wildman–Crippen LogP) is 1.67. The Kier molecular flexibility index (Phi) is 5.55. The van der Waals surface area contributed by atoms with Crippen molar-refractivity contribution >= 4 is 17.5 Å². The normalized spacial score (nSPS) is 15.2. The highest BCUT2D eigenvalue weighted by Crippen LogP contribution is 2.15. The van der Waals surface area contributed by atoms with Crippen LogP contribution in [0.1, 0.15) is 5.69 Å². The quantitative estimate of drug-likeness (QED) is 0.868. The van der Waals surface area contributed by atoms with Crippen molar-refractivity contribution in [2.75, 3.05) is 49.5 Å². The monoisotopic (exact) mass is 342 g/mol. The number of piperazine rings is 1. The van der Waals surface area contributed by atoms with Crippen molar-refractivity contribution < 1.29 is 4.79 Å². The summed E-state index contributed by atoms with van der Waals surface area (Å²) in [5.41, 5.74) is 2.17. The molecular weight excluding hydrogens is 316 g/mol. The number of urea groups is 1. The van der Waals surface area contributed by atoms with Gasteiger partial charge in [-0.25, -0.2) is 4.79 Å². The smallest absolute Gasteiger partial charge is 0.320 e. The van der Waals surface area contributed by atoms with Crippen LogP contribution in [0.15, 0.2) is 36.4 Å². The van der Waals surface area contributed by atoms with Gasteiger partial charge in [0.1, 0.15) is 5.82 Å². The van der Waals surface area contributed by atoms with Crippen LogP contribution in [-0.4, -0.2) is 60.0 Å². The fourth-order valence-electron chi connectivity index (χ4n) is 3.08. The molecule has 0 aliphatic carbocycles. The lowest BCUT2D eigenvalue weighted by Crippen LogP contribution is -2.48. The summed E-state index contributed by atoms with van der Waals surface area (Å²) in [6, 6.07) is 12.2. The maximum Gasteiger partial charge on any atom is 0.320 e. The van der Waals surface area contributed by atoms with Crippen molar-refractivity contribution in [3.8, 4) is 0 Å². The first-order chi connectivity index (χ1) is 12.1. The highest BCUT2D eigenvalue weighted by Gasteiger charge is 2.16. The number of nitrogens with one attached hydrogen (secondary N) is 2. The lowest BCUT2D eigenvalue weighted by molar-refractivity contribution is 0.240. The number of amides is 2. The van der Waals surface area contributed by atoms with Crippen LogP contribution in [0.2, 0.25) is 0 Å². The van der Waals surface area contributed by atoms with E-state index in [0.717, 1.165) is 38.4 Å².